The average Bonchev–Trinajstić information content (AvgIpc) is 2.67. The van der Waals surface area contributed by atoms with Gasteiger partial charge in [-0.15, -0.1) is 0 Å². The number of nitrogens with one attached hydrogen (secondary N) is 1. The molecule has 0 atom stereocenters. The molecule has 2 amide bonds. The quantitative estimate of drug-likeness (QED) is 0.914. The largest absolute Gasteiger partial charge is 0.493 e. The smallest absolute Gasteiger partial charge is 0.321 e. The number of nitrogens with zero attached hydrogens (tertiary/aromatic N) is 2. The van der Waals surface area contributed by atoms with Crippen molar-refractivity contribution in [2.75, 3.05) is 50.6 Å². The van der Waals surface area contributed by atoms with Crippen molar-refractivity contribution in [1.82, 2.24) is 4.90 Å². The minimum Gasteiger partial charge on any atom is -0.493 e. The van der Waals surface area contributed by atoms with Crippen LogP contribution in [0.5, 0.6) is 11.5 Å². The maximum Gasteiger partial charge on any atom is 0.321 e. The standard InChI is InChI=1S/C20H25N3O3/c1-15-5-4-6-16(13-15)21-20(24)23-11-9-22(10-12-23)17-7-8-18(25-2)19(14-17)26-3/h4-8,13-14H,9-12H2,1-3H3,(H,21,24). The van der Waals surface area contributed by atoms with Crippen LogP contribution < -0.4 is 19.7 Å². The number of methoxy groups -OCH3 is 2. The van der Waals surface area contributed by atoms with Gasteiger partial charge in [0.05, 0.1) is 14.2 Å². The lowest BCUT2D eigenvalue weighted by molar-refractivity contribution is 0.208. The van der Waals surface area contributed by atoms with Crippen molar-refractivity contribution in [2.24, 2.45) is 0 Å². The molecule has 0 unspecified atom stereocenters. The summed E-state index contributed by atoms with van der Waals surface area (Å²) in [6, 6.07) is 13.7. The van der Waals surface area contributed by atoms with E-state index in [1.165, 1.54) is 0 Å². The van der Waals surface area contributed by atoms with Crippen molar-refractivity contribution < 1.29 is 14.3 Å². The Morgan fingerprint density at radius 3 is 2.35 bits per heavy atom. The normalized spacial score (nSPS) is 14.1. The van der Waals surface area contributed by atoms with Gasteiger partial charge in [-0.05, 0) is 36.8 Å². The van der Waals surface area contributed by atoms with Crippen LogP contribution in [0.15, 0.2) is 42.5 Å². The zero-order valence-corrected chi connectivity index (χ0v) is 15.5. The van der Waals surface area contributed by atoms with E-state index in [1.54, 1.807) is 14.2 Å². The van der Waals surface area contributed by atoms with Crippen molar-refractivity contribution in [3.63, 3.8) is 0 Å². The summed E-state index contributed by atoms with van der Waals surface area (Å²) in [6.45, 7) is 4.91. The number of urea groups is 1. The minimum atomic E-state index is -0.0532. The van der Waals surface area contributed by atoms with E-state index in [-0.39, 0.29) is 6.03 Å². The van der Waals surface area contributed by atoms with Gasteiger partial charge < -0.3 is 24.6 Å². The van der Waals surface area contributed by atoms with E-state index in [0.29, 0.717) is 24.6 Å². The summed E-state index contributed by atoms with van der Waals surface area (Å²) in [6.07, 6.45) is 0. The molecule has 1 aliphatic rings. The second kappa shape index (κ2) is 7.99. The number of benzene rings is 2. The summed E-state index contributed by atoms with van der Waals surface area (Å²) >= 11 is 0. The summed E-state index contributed by atoms with van der Waals surface area (Å²) in [4.78, 5) is 16.6. The molecule has 1 aliphatic heterocycles. The molecule has 2 aromatic carbocycles. The Balaban J connectivity index is 1.59. The second-order valence-electron chi connectivity index (χ2n) is 6.31. The third kappa shape index (κ3) is 4.02. The Labute approximate surface area is 154 Å². The molecule has 6 nitrogen and oxygen atoms in total. The molecule has 0 saturated carbocycles. The van der Waals surface area contributed by atoms with Gasteiger partial charge >= 0.3 is 6.03 Å². The predicted octanol–water partition coefficient (Wildman–Crippen LogP) is 3.37. The van der Waals surface area contributed by atoms with E-state index in [2.05, 4.69) is 10.2 Å². The molecule has 3 rings (SSSR count). The van der Waals surface area contributed by atoms with Gasteiger partial charge in [0.2, 0.25) is 0 Å². The Morgan fingerprint density at radius 2 is 1.69 bits per heavy atom. The van der Waals surface area contributed by atoms with Crippen LogP contribution in [0.2, 0.25) is 0 Å². The number of amides is 2. The van der Waals surface area contributed by atoms with Crippen molar-refractivity contribution in [2.45, 2.75) is 6.92 Å². The molecule has 2 aromatic rings. The van der Waals surface area contributed by atoms with E-state index in [4.69, 9.17) is 9.47 Å². The first-order valence-corrected chi connectivity index (χ1v) is 8.70. The maximum atomic E-state index is 12.5. The van der Waals surface area contributed by atoms with Crippen molar-refractivity contribution in [3.05, 3.63) is 48.0 Å². The van der Waals surface area contributed by atoms with Crippen LogP contribution in [0.1, 0.15) is 5.56 Å². The highest BCUT2D eigenvalue weighted by atomic mass is 16.5. The van der Waals surface area contributed by atoms with E-state index in [9.17, 15) is 4.79 Å². The number of carbonyl (C=O) groups excluding carboxylic acids is 1. The van der Waals surface area contributed by atoms with Gasteiger partial charge in [0.1, 0.15) is 0 Å². The number of anilines is 2. The van der Waals surface area contributed by atoms with Gasteiger partial charge in [0, 0.05) is 43.6 Å². The van der Waals surface area contributed by atoms with Crippen LogP contribution in [-0.2, 0) is 0 Å². The van der Waals surface area contributed by atoms with Crippen LogP contribution in [-0.4, -0.2) is 51.3 Å². The molecule has 0 spiro atoms. The molecule has 0 bridgehead atoms. The first-order chi connectivity index (χ1) is 12.6. The van der Waals surface area contributed by atoms with E-state index < -0.39 is 0 Å². The first kappa shape index (κ1) is 17.9. The number of hydrogen-bond acceptors (Lipinski definition) is 4. The van der Waals surface area contributed by atoms with Crippen molar-refractivity contribution in [1.29, 1.82) is 0 Å². The number of hydrogen-bond donors (Lipinski definition) is 1. The number of ether oxygens (including phenoxy) is 2. The third-order valence-corrected chi connectivity index (χ3v) is 4.57. The molecule has 1 saturated heterocycles. The monoisotopic (exact) mass is 355 g/mol. The summed E-state index contributed by atoms with van der Waals surface area (Å²) in [5.74, 6) is 1.43. The lowest BCUT2D eigenvalue weighted by atomic mass is 10.2. The Kier molecular flexibility index (Phi) is 5.51. The molecule has 0 radical (unpaired) electrons. The van der Waals surface area contributed by atoms with Crippen LogP contribution in [0.3, 0.4) is 0 Å². The van der Waals surface area contributed by atoms with Crippen molar-refractivity contribution >= 4 is 17.4 Å². The van der Waals surface area contributed by atoms with E-state index >= 15 is 0 Å². The SMILES string of the molecule is COc1ccc(N2CCN(C(=O)Nc3cccc(C)c3)CC2)cc1OC. The minimum absolute atomic E-state index is 0.0532. The average molecular weight is 355 g/mol. The topological polar surface area (TPSA) is 54.0 Å². The zero-order valence-electron chi connectivity index (χ0n) is 15.5. The molecular formula is C20H25N3O3. The summed E-state index contributed by atoms with van der Waals surface area (Å²) < 4.78 is 10.7. The molecular weight excluding hydrogens is 330 g/mol. The van der Waals surface area contributed by atoms with Gasteiger partial charge in [0.15, 0.2) is 11.5 Å². The van der Waals surface area contributed by atoms with Crippen LogP contribution >= 0.6 is 0 Å². The fraction of sp³-hybridized carbons (Fsp3) is 0.350. The number of aryl methyl sites for hydroxylation is 1. The number of carbonyl (C=O) groups is 1. The maximum absolute atomic E-state index is 12.5. The van der Waals surface area contributed by atoms with Gasteiger partial charge in [-0.25, -0.2) is 4.79 Å². The Morgan fingerprint density at radius 1 is 0.962 bits per heavy atom. The summed E-state index contributed by atoms with van der Waals surface area (Å²) in [5.41, 5.74) is 3.03. The summed E-state index contributed by atoms with van der Waals surface area (Å²) in [7, 11) is 3.26. The van der Waals surface area contributed by atoms with Crippen molar-refractivity contribution in [3.8, 4) is 11.5 Å². The molecule has 26 heavy (non-hydrogen) atoms. The Hall–Kier alpha value is -2.89. The Bertz CT molecular complexity index is 771. The zero-order chi connectivity index (χ0) is 18.5. The van der Waals surface area contributed by atoms with Gasteiger partial charge in [-0.2, -0.15) is 0 Å². The highest BCUT2D eigenvalue weighted by molar-refractivity contribution is 5.89. The first-order valence-electron chi connectivity index (χ1n) is 8.70. The lowest BCUT2D eigenvalue weighted by Gasteiger charge is -2.36. The molecule has 0 aliphatic carbocycles. The molecule has 1 N–H and O–H groups in total. The van der Waals surface area contributed by atoms with Gasteiger partial charge in [-0.3, -0.25) is 0 Å². The third-order valence-electron chi connectivity index (χ3n) is 4.57. The molecule has 6 heteroatoms. The van der Waals surface area contributed by atoms with E-state index in [0.717, 1.165) is 30.0 Å². The highest BCUT2D eigenvalue weighted by Crippen LogP contribution is 2.31. The summed E-state index contributed by atoms with van der Waals surface area (Å²) in [5, 5.41) is 2.97. The van der Waals surface area contributed by atoms with Gasteiger partial charge in [0.25, 0.3) is 0 Å². The van der Waals surface area contributed by atoms with Crippen LogP contribution in [0.4, 0.5) is 16.2 Å². The number of rotatable bonds is 4. The molecule has 0 aromatic heterocycles. The highest BCUT2D eigenvalue weighted by Gasteiger charge is 2.22. The van der Waals surface area contributed by atoms with Crippen LogP contribution in [0, 0.1) is 6.92 Å². The van der Waals surface area contributed by atoms with Crippen LogP contribution in [0.25, 0.3) is 0 Å². The fourth-order valence-electron chi connectivity index (χ4n) is 3.11. The number of piperazine rings is 1. The van der Waals surface area contributed by atoms with E-state index in [1.807, 2.05) is 54.3 Å². The second-order valence-corrected chi connectivity index (χ2v) is 6.31. The predicted molar refractivity (Wildman–Crippen MR) is 104 cm³/mol. The molecule has 1 fully saturated rings. The molecule has 1 heterocycles. The molecule has 138 valence electrons. The van der Waals surface area contributed by atoms with Gasteiger partial charge in [-0.1, -0.05) is 12.1 Å². The lowest BCUT2D eigenvalue weighted by Crippen LogP contribution is -2.50. The fourth-order valence-corrected chi connectivity index (χ4v) is 3.11.